The molecule has 1 aliphatic carbocycles. The summed E-state index contributed by atoms with van der Waals surface area (Å²) in [6.07, 6.45) is 4.45. The van der Waals surface area contributed by atoms with Gasteiger partial charge in [0.25, 0.3) is 0 Å². The number of likely N-dealkylation sites (N-methyl/N-ethyl adjacent to an activating group) is 1. The summed E-state index contributed by atoms with van der Waals surface area (Å²) in [5.41, 5.74) is 1.97. The number of nitrogens with zero attached hydrogens (tertiary/aromatic N) is 2. The molecular weight excluding hydrogens is 248 g/mol. The maximum absolute atomic E-state index is 12.9. The Hall–Kier alpha value is -1.82. The molecule has 0 spiro atoms. The van der Waals surface area contributed by atoms with Gasteiger partial charge in [-0.15, -0.1) is 0 Å². The Kier molecular flexibility index (Phi) is 4.44. The van der Waals surface area contributed by atoms with Crippen molar-refractivity contribution in [1.29, 1.82) is 5.26 Å². The average Bonchev–Trinajstić information content (AvgIpc) is 2.94. The van der Waals surface area contributed by atoms with Gasteiger partial charge in [0.1, 0.15) is 0 Å². The van der Waals surface area contributed by atoms with E-state index in [0.29, 0.717) is 13.0 Å². The molecule has 0 aliphatic heterocycles. The van der Waals surface area contributed by atoms with Gasteiger partial charge in [0.05, 0.1) is 17.9 Å². The van der Waals surface area contributed by atoms with Gasteiger partial charge in [-0.2, -0.15) is 5.26 Å². The number of hydrogen-bond donors (Lipinski definition) is 0. The molecule has 106 valence electrons. The summed E-state index contributed by atoms with van der Waals surface area (Å²) in [7, 11) is 1.82. The Morgan fingerprint density at radius 1 is 1.40 bits per heavy atom. The predicted octanol–water partition coefficient (Wildman–Crippen LogP) is 3.18. The van der Waals surface area contributed by atoms with Gasteiger partial charge in [0.2, 0.25) is 5.91 Å². The number of carbonyl (C=O) groups is 1. The Bertz CT molecular complexity index is 524. The van der Waals surface area contributed by atoms with Crippen LogP contribution in [-0.4, -0.2) is 24.4 Å². The predicted molar refractivity (Wildman–Crippen MR) is 79.2 cm³/mol. The molecule has 1 amide bonds. The van der Waals surface area contributed by atoms with Crippen LogP contribution in [0.3, 0.4) is 0 Å². The second-order valence-corrected chi connectivity index (χ2v) is 5.79. The summed E-state index contributed by atoms with van der Waals surface area (Å²) in [6, 6.07) is 10.4. The third-order valence-electron chi connectivity index (χ3n) is 4.34. The minimum absolute atomic E-state index is 0.177. The van der Waals surface area contributed by atoms with Crippen LogP contribution in [-0.2, 0) is 10.2 Å². The number of aryl methyl sites for hydroxylation is 1. The van der Waals surface area contributed by atoms with E-state index < -0.39 is 0 Å². The zero-order valence-corrected chi connectivity index (χ0v) is 12.4. The molecule has 3 heteroatoms. The van der Waals surface area contributed by atoms with Gasteiger partial charge in [0.15, 0.2) is 0 Å². The van der Waals surface area contributed by atoms with Crippen LogP contribution < -0.4 is 0 Å². The molecule has 20 heavy (non-hydrogen) atoms. The van der Waals surface area contributed by atoms with Crippen molar-refractivity contribution < 1.29 is 4.79 Å². The summed E-state index contributed by atoms with van der Waals surface area (Å²) < 4.78 is 0. The van der Waals surface area contributed by atoms with Crippen LogP contribution in [0.25, 0.3) is 0 Å². The van der Waals surface area contributed by atoms with Gasteiger partial charge in [-0.1, -0.05) is 42.7 Å². The van der Waals surface area contributed by atoms with E-state index >= 15 is 0 Å². The minimum Gasteiger partial charge on any atom is -0.344 e. The Balaban J connectivity index is 2.30. The number of rotatable bonds is 4. The summed E-state index contributed by atoms with van der Waals surface area (Å²) in [5, 5.41) is 8.69. The minimum atomic E-state index is -0.365. The second-order valence-electron chi connectivity index (χ2n) is 5.79. The molecule has 1 aliphatic rings. The van der Waals surface area contributed by atoms with E-state index in [1.165, 1.54) is 5.56 Å². The largest absolute Gasteiger partial charge is 0.344 e. The van der Waals surface area contributed by atoms with Crippen molar-refractivity contribution in [2.45, 2.75) is 44.4 Å². The molecule has 0 saturated heterocycles. The topological polar surface area (TPSA) is 44.1 Å². The molecule has 0 aromatic heterocycles. The smallest absolute Gasteiger partial charge is 0.232 e. The maximum atomic E-state index is 12.9. The van der Waals surface area contributed by atoms with E-state index in [9.17, 15) is 4.79 Å². The number of nitriles is 1. The van der Waals surface area contributed by atoms with Crippen LogP contribution in [0.15, 0.2) is 24.3 Å². The average molecular weight is 270 g/mol. The van der Waals surface area contributed by atoms with E-state index in [1.807, 2.05) is 13.1 Å². The summed E-state index contributed by atoms with van der Waals surface area (Å²) in [4.78, 5) is 14.6. The van der Waals surface area contributed by atoms with Gasteiger partial charge in [-0.3, -0.25) is 4.79 Å². The number of hydrogen-bond acceptors (Lipinski definition) is 2. The number of carbonyl (C=O) groups excluding carboxylic acids is 1. The first-order valence-electron chi connectivity index (χ1n) is 7.30. The number of benzene rings is 1. The van der Waals surface area contributed by atoms with E-state index in [1.54, 1.807) is 4.90 Å². The van der Waals surface area contributed by atoms with Gasteiger partial charge >= 0.3 is 0 Å². The highest BCUT2D eigenvalue weighted by Gasteiger charge is 2.44. The van der Waals surface area contributed by atoms with Crippen molar-refractivity contribution in [3.63, 3.8) is 0 Å². The fourth-order valence-corrected chi connectivity index (χ4v) is 3.23. The van der Waals surface area contributed by atoms with Crippen LogP contribution in [0.1, 0.15) is 43.2 Å². The quantitative estimate of drug-likeness (QED) is 0.843. The summed E-state index contributed by atoms with van der Waals surface area (Å²) in [5.74, 6) is 0.177. The molecule has 0 N–H and O–H groups in total. The maximum Gasteiger partial charge on any atom is 0.232 e. The Morgan fingerprint density at radius 3 is 2.70 bits per heavy atom. The fraction of sp³-hybridized carbons (Fsp3) is 0.529. The lowest BCUT2D eigenvalue weighted by atomic mass is 9.77. The normalized spacial score (nSPS) is 16.6. The Morgan fingerprint density at radius 2 is 2.10 bits per heavy atom. The molecule has 3 nitrogen and oxygen atoms in total. The van der Waals surface area contributed by atoms with Gasteiger partial charge in [-0.25, -0.2) is 0 Å². The Labute approximate surface area is 121 Å². The van der Waals surface area contributed by atoms with Gasteiger partial charge < -0.3 is 4.90 Å². The number of amides is 1. The van der Waals surface area contributed by atoms with Crippen LogP contribution in [0.5, 0.6) is 0 Å². The van der Waals surface area contributed by atoms with Gasteiger partial charge in [-0.05, 0) is 25.3 Å². The van der Waals surface area contributed by atoms with Gasteiger partial charge in [0, 0.05) is 13.6 Å². The lowest BCUT2D eigenvalue weighted by Gasteiger charge is -2.33. The van der Waals surface area contributed by atoms with Crippen LogP contribution in [0.4, 0.5) is 0 Å². The van der Waals surface area contributed by atoms with E-state index in [4.69, 9.17) is 5.26 Å². The molecule has 1 aromatic carbocycles. The highest BCUT2D eigenvalue weighted by molar-refractivity contribution is 5.88. The van der Waals surface area contributed by atoms with Crippen LogP contribution in [0.2, 0.25) is 0 Å². The van der Waals surface area contributed by atoms with Crippen molar-refractivity contribution in [2.24, 2.45) is 0 Å². The third-order valence-corrected chi connectivity index (χ3v) is 4.34. The zero-order valence-electron chi connectivity index (χ0n) is 12.4. The molecule has 1 fully saturated rings. The summed E-state index contributed by atoms with van der Waals surface area (Å²) >= 11 is 0. The highest BCUT2D eigenvalue weighted by atomic mass is 16.2. The van der Waals surface area contributed by atoms with E-state index in [-0.39, 0.29) is 11.3 Å². The van der Waals surface area contributed by atoms with E-state index in [2.05, 4.69) is 31.2 Å². The van der Waals surface area contributed by atoms with Crippen molar-refractivity contribution in [2.75, 3.05) is 13.6 Å². The molecular formula is C17H22N2O. The molecule has 0 unspecified atom stereocenters. The monoisotopic (exact) mass is 270 g/mol. The van der Waals surface area contributed by atoms with Crippen molar-refractivity contribution in [3.05, 3.63) is 35.4 Å². The third kappa shape index (κ3) is 2.70. The SMILES string of the molecule is Cc1cccc(C2(C(=O)N(C)CCC#N)CCCC2)c1. The molecule has 1 aromatic rings. The lowest BCUT2D eigenvalue weighted by Crippen LogP contribution is -2.44. The molecule has 1 saturated carbocycles. The first kappa shape index (κ1) is 14.6. The summed E-state index contributed by atoms with van der Waals surface area (Å²) in [6.45, 7) is 2.58. The molecule has 0 radical (unpaired) electrons. The first-order chi connectivity index (χ1) is 9.60. The highest BCUT2D eigenvalue weighted by Crippen LogP contribution is 2.42. The van der Waals surface area contributed by atoms with E-state index in [0.717, 1.165) is 31.2 Å². The molecule has 2 rings (SSSR count). The van der Waals surface area contributed by atoms with Crippen LogP contribution >= 0.6 is 0 Å². The second kappa shape index (κ2) is 6.09. The molecule has 0 atom stereocenters. The molecule has 0 bridgehead atoms. The van der Waals surface area contributed by atoms with Crippen molar-refractivity contribution in [1.82, 2.24) is 4.90 Å². The first-order valence-corrected chi connectivity index (χ1v) is 7.30. The van der Waals surface area contributed by atoms with Crippen molar-refractivity contribution in [3.8, 4) is 6.07 Å². The lowest BCUT2D eigenvalue weighted by molar-refractivity contribution is -0.136. The van der Waals surface area contributed by atoms with Crippen LogP contribution in [0, 0.1) is 18.3 Å². The molecule has 0 heterocycles. The standard InChI is InChI=1S/C17H22N2O/c1-14-7-5-8-15(13-14)17(9-3-4-10-17)16(20)19(2)12-6-11-18/h5,7-8,13H,3-4,6,9-10,12H2,1-2H3. The zero-order chi connectivity index (χ0) is 14.6. The fourth-order valence-electron chi connectivity index (χ4n) is 3.23. The van der Waals surface area contributed by atoms with Crippen molar-refractivity contribution >= 4 is 5.91 Å².